The molecule has 0 unspecified atom stereocenters. The third kappa shape index (κ3) is 2.63. The van der Waals surface area contributed by atoms with Gasteiger partial charge < -0.3 is 9.80 Å². The van der Waals surface area contributed by atoms with Gasteiger partial charge in [-0.15, -0.1) is 0 Å². The molecule has 1 N–H and O–H groups in total. The minimum absolute atomic E-state index is 0.0580. The van der Waals surface area contributed by atoms with E-state index in [9.17, 15) is 4.79 Å². The average Bonchev–Trinajstić information content (AvgIpc) is 3.10. The Labute approximate surface area is 133 Å². The predicted octanol–water partition coefficient (Wildman–Crippen LogP) is 1.92. The fraction of sp³-hybridized carbons (Fsp3) is 0.235. The summed E-state index contributed by atoms with van der Waals surface area (Å²) in [6.45, 7) is 3.15. The summed E-state index contributed by atoms with van der Waals surface area (Å²) < 4.78 is 0. The van der Waals surface area contributed by atoms with Gasteiger partial charge in [0.2, 0.25) is 0 Å². The van der Waals surface area contributed by atoms with Crippen LogP contribution >= 0.6 is 0 Å². The van der Waals surface area contributed by atoms with Gasteiger partial charge in [-0.3, -0.25) is 4.79 Å². The lowest BCUT2D eigenvalue weighted by molar-refractivity contribution is 0.0747. The van der Waals surface area contributed by atoms with Gasteiger partial charge in [-0.1, -0.05) is 18.2 Å². The van der Waals surface area contributed by atoms with Crippen molar-refractivity contribution in [2.75, 3.05) is 31.1 Å². The van der Waals surface area contributed by atoms with Crippen LogP contribution in [-0.2, 0) is 0 Å². The molecule has 1 aliphatic heterocycles. The summed E-state index contributed by atoms with van der Waals surface area (Å²) in [4.78, 5) is 16.9. The first-order chi connectivity index (χ1) is 11.3. The van der Waals surface area contributed by atoms with E-state index in [0.717, 1.165) is 37.2 Å². The van der Waals surface area contributed by atoms with Gasteiger partial charge >= 0.3 is 0 Å². The van der Waals surface area contributed by atoms with E-state index in [1.54, 1.807) is 6.07 Å². The SMILES string of the molecule is O=C(c1ccc2n[nH]nc2c1)N1CCN(c2ccccc2)CC1. The van der Waals surface area contributed by atoms with Crippen LogP contribution < -0.4 is 4.90 Å². The largest absolute Gasteiger partial charge is 0.368 e. The molecule has 6 nitrogen and oxygen atoms in total. The maximum Gasteiger partial charge on any atom is 0.254 e. The first-order valence-corrected chi connectivity index (χ1v) is 7.71. The second-order valence-corrected chi connectivity index (χ2v) is 5.64. The van der Waals surface area contributed by atoms with Gasteiger partial charge in [0.15, 0.2) is 0 Å². The predicted molar refractivity (Wildman–Crippen MR) is 88.4 cm³/mol. The number of fused-ring (bicyclic) bond motifs is 1. The smallest absolute Gasteiger partial charge is 0.254 e. The summed E-state index contributed by atoms with van der Waals surface area (Å²) in [6.07, 6.45) is 0. The third-order valence-electron chi connectivity index (χ3n) is 4.25. The van der Waals surface area contributed by atoms with E-state index in [4.69, 9.17) is 0 Å². The number of carbonyl (C=O) groups excluding carboxylic acids is 1. The van der Waals surface area contributed by atoms with E-state index in [1.807, 2.05) is 35.2 Å². The molecular formula is C17H17N5O. The molecule has 1 aliphatic rings. The van der Waals surface area contributed by atoms with Crippen LogP contribution in [0.25, 0.3) is 11.0 Å². The summed E-state index contributed by atoms with van der Waals surface area (Å²) in [5.74, 6) is 0.0580. The van der Waals surface area contributed by atoms with Crippen LogP contribution in [0.5, 0.6) is 0 Å². The number of rotatable bonds is 2. The molecule has 1 saturated heterocycles. The number of aromatic amines is 1. The number of para-hydroxylation sites is 1. The molecule has 116 valence electrons. The van der Waals surface area contributed by atoms with E-state index in [-0.39, 0.29) is 5.91 Å². The topological polar surface area (TPSA) is 65.1 Å². The molecule has 2 aromatic carbocycles. The number of H-pyrrole nitrogens is 1. The molecule has 4 rings (SSSR count). The summed E-state index contributed by atoms with van der Waals surface area (Å²) in [6, 6.07) is 15.8. The van der Waals surface area contributed by atoms with Crippen molar-refractivity contribution in [1.82, 2.24) is 20.3 Å². The van der Waals surface area contributed by atoms with E-state index < -0.39 is 0 Å². The highest BCUT2D eigenvalue weighted by Gasteiger charge is 2.22. The van der Waals surface area contributed by atoms with Gasteiger partial charge in [0.1, 0.15) is 11.0 Å². The third-order valence-corrected chi connectivity index (χ3v) is 4.25. The summed E-state index contributed by atoms with van der Waals surface area (Å²) >= 11 is 0. The number of nitrogens with zero attached hydrogens (tertiary/aromatic N) is 4. The highest BCUT2D eigenvalue weighted by atomic mass is 16.2. The lowest BCUT2D eigenvalue weighted by Crippen LogP contribution is -2.48. The minimum Gasteiger partial charge on any atom is -0.368 e. The second kappa shape index (κ2) is 5.72. The Bertz CT molecular complexity index is 821. The maximum absolute atomic E-state index is 12.7. The molecule has 3 aromatic rings. The van der Waals surface area contributed by atoms with Gasteiger partial charge in [-0.25, -0.2) is 0 Å². The molecule has 1 fully saturated rings. The molecule has 0 spiro atoms. The molecule has 6 heteroatoms. The fourth-order valence-corrected chi connectivity index (χ4v) is 2.96. The number of aromatic nitrogens is 3. The first kappa shape index (κ1) is 13.8. The average molecular weight is 307 g/mol. The fourth-order valence-electron chi connectivity index (χ4n) is 2.96. The molecule has 1 aromatic heterocycles. The van der Waals surface area contributed by atoms with E-state index in [0.29, 0.717) is 5.56 Å². The summed E-state index contributed by atoms with van der Waals surface area (Å²) in [7, 11) is 0. The Kier molecular flexibility index (Phi) is 3.42. The molecule has 0 atom stereocenters. The number of benzene rings is 2. The molecule has 0 bridgehead atoms. The van der Waals surface area contributed by atoms with Crippen molar-refractivity contribution < 1.29 is 4.79 Å². The van der Waals surface area contributed by atoms with Gasteiger partial charge in [0.05, 0.1) is 0 Å². The zero-order chi connectivity index (χ0) is 15.6. The van der Waals surface area contributed by atoms with Crippen LogP contribution in [0.4, 0.5) is 5.69 Å². The standard InChI is InChI=1S/C17H17N5O/c23-17(13-6-7-15-16(12-13)19-20-18-15)22-10-8-21(9-11-22)14-4-2-1-3-5-14/h1-7,12H,8-11H2,(H,18,19,20). The van der Waals surface area contributed by atoms with Gasteiger partial charge in [0.25, 0.3) is 5.91 Å². The van der Waals surface area contributed by atoms with E-state index in [1.165, 1.54) is 5.69 Å². The summed E-state index contributed by atoms with van der Waals surface area (Å²) in [5.41, 5.74) is 3.37. The van der Waals surface area contributed by atoms with Crippen LogP contribution in [0.2, 0.25) is 0 Å². The molecule has 23 heavy (non-hydrogen) atoms. The van der Waals surface area contributed by atoms with Crippen molar-refractivity contribution in [3.8, 4) is 0 Å². The van der Waals surface area contributed by atoms with Crippen LogP contribution in [0.1, 0.15) is 10.4 Å². The molecule has 2 heterocycles. The van der Waals surface area contributed by atoms with Gasteiger partial charge in [-0.05, 0) is 30.3 Å². The van der Waals surface area contributed by atoms with Crippen molar-refractivity contribution in [2.24, 2.45) is 0 Å². The quantitative estimate of drug-likeness (QED) is 0.785. The van der Waals surface area contributed by atoms with Gasteiger partial charge in [0, 0.05) is 37.4 Å². The van der Waals surface area contributed by atoms with E-state index in [2.05, 4.69) is 32.4 Å². The van der Waals surface area contributed by atoms with Crippen LogP contribution in [0.3, 0.4) is 0 Å². The first-order valence-electron chi connectivity index (χ1n) is 7.71. The number of amides is 1. The van der Waals surface area contributed by atoms with Crippen molar-refractivity contribution in [3.05, 3.63) is 54.1 Å². The molecule has 0 aliphatic carbocycles. The molecule has 1 amide bonds. The summed E-state index contributed by atoms with van der Waals surface area (Å²) in [5, 5.41) is 10.6. The highest BCUT2D eigenvalue weighted by molar-refractivity contribution is 5.97. The Hall–Kier alpha value is -2.89. The van der Waals surface area contributed by atoms with E-state index >= 15 is 0 Å². The van der Waals surface area contributed by atoms with Crippen molar-refractivity contribution in [2.45, 2.75) is 0 Å². The minimum atomic E-state index is 0.0580. The Morgan fingerprint density at radius 2 is 1.65 bits per heavy atom. The normalized spacial score (nSPS) is 15.1. The number of nitrogens with one attached hydrogen (secondary N) is 1. The van der Waals surface area contributed by atoms with Crippen LogP contribution in [0.15, 0.2) is 48.5 Å². The molecule has 0 saturated carbocycles. The highest BCUT2D eigenvalue weighted by Crippen LogP contribution is 2.18. The Morgan fingerprint density at radius 3 is 2.43 bits per heavy atom. The van der Waals surface area contributed by atoms with Gasteiger partial charge in [-0.2, -0.15) is 15.4 Å². The number of carbonyl (C=O) groups is 1. The lowest BCUT2D eigenvalue weighted by atomic mass is 10.1. The maximum atomic E-state index is 12.7. The van der Waals surface area contributed by atoms with Crippen molar-refractivity contribution in [1.29, 1.82) is 0 Å². The number of piperazine rings is 1. The monoisotopic (exact) mass is 307 g/mol. The Morgan fingerprint density at radius 1 is 0.913 bits per heavy atom. The van der Waals surface area contributed by atoms with Crippen molar-refractivity contribution >= 4 is 22.6 Å². The van der Waals surface area contributed by atoms with Crippen LogP contribution in [-0.4, -0.2) is 52.4 Å². The molecule has 0 radical (unpaired) electrons. The Balaban J connectivity index is 1.46. The zero-order valence-electron chi connectivity index (χ0n) is 12.6. The number of anilines is 1. The van der Waals surface area contributed by atoms with Crippen LogP contribution in [0, 0.1) is 0 Å². The van der Waals surface area contributed by atoms with Crippen molar-refractivity contribution in [3.63, 3.8) is 0 Å². The molecular weight excluding hydrogens is 290 g/mol. The zero-order valence-corrected chi connectivity index (χ0v) is 12.6. The lowest BCUT2D eigenvalue weighted by Gasteiger charge is -2.36. The number of hydrogen-bond donors (Lipinski definition) is 1. The second-order valence-electron chi connectivity index (χ2n) is 5.64. The number of hydrogen-bond acceptors (Lipinski definition) is 4.